The second kappa shape index (κ2) is 13.7. The monoisotopic (exact) mass is 893 g/mol. The van der Waals surface area contributed by atoms with Gasteiger partial charge in [0, 0.05) is 60.5 Å². The molecular weight excluding hydrogens is 876 g/mol. The largest absolute Gasteiger partial charge is 2.00 e. The summed E-state index contributed by atoms with van der Waals surface area (Å²) in [6.45, 7) is 0. The van der Waals surface area contributed by atoms with Crippen LogP contribution in [0.2, 0.25) is 0 Å². The molecule has 8 bridgehead atoms. The molecule has 2 aliphatic rings. The Morgan fingerprint density at radius 2 is 1.02 bits per heavy atom. The van der Waals surface area contributed by atoms with E-state index in [-0.39, 0.29) is 101 Å². The van der Waals surface area contributed by atoms with Gasteiger partial charge in [0.25, 0.3) is 20.2 Å². The molecule has 5 heterocycles. The molecule has 0 fully saturated rings. The number of benzene rings is 4. The number of primary sulfonamides is 1. The van der Waals surface area contributed by atoms with Crippen LogP contribution in [0.25, 0.3) is 89.7 Å². The summed E-state index contributed by atoms with van der Waals surface area (Å²) in [5.74, 6) is 4.46. The zero-order valence-electron chi connectivity index (χ0n) is 27.8. The van der Waals surface area contributed by atoms with Gasteiger partial charge >= 0.3 is 17.1 Å². The zero-order chi connectivity index (χ0) is 39.3. The van der Waals surface area contributed by atoms with E-state index in [2.05, 4.69) is 39.9 Å². The van der Waals surface area contributed by atoms with Crippen molar-refractivity contribution in [1.29, 1.82) is 0 Å². The molecule has 0 saturated carbocycles. The maximum atomic E-state index is 12.9. The Bertz CT molecular complexity index is 3380. The standard InChI is InChI=1S/C32H18N10O10S4.Cu/c33-51-52-53-17-9-1-5-13-21(17)29-35-25(13)37-30-22-14(6-2-10-18(22)54(34,43)44)26(38-30)39-31-24-16(8-4-12-20(24)56(48,49)50)28(41-31)42-32-23-15(27(36-29)40-32)7-3-11-19(23)55(45,46)47;/h1-12H,33H2,(H4-2,34,35,36,37,38,39,40,41,42,43,44,45,46,47,48,49,50);/q-2;+2. The predicted molar refractivity (Wildman–Crippen MR) is 197 cm³/mol. The van der Waals surface area contributed by atoms with Gasteiger partial charge in [0.2, 0.25) is 10.0 Å². The van der Waals surface area contributed by atoms with E-state index >= 15 is 0 Å². The van der Waals surface area contributed by atoms with Gasteiger partial charge in [0.05, 0.1) is 40.2 Å². The van der Waals surface area contributed by atoms with E-state index in [0.29, 0.717) is 28.1 Å². The van der Waals surface area contributed by atoms with Crippen LogP contribution >= 0.6 is 12.0 Å². The van der Waals surface area contributed by atoms with Crippen molar-refractivity contribution in [2.75, 3.05) is 0 Å². The molecule has 2 aliphatic heterocycles. The molecule has 1 radical (unpaired) electrons. The molecule has 0 aliphatic carbocycles. The minimum absolute atomic E-state index is 0. The fraction of sp³-hybridized carbons (Fsp3) is 0. The summed E-state index contributed by atoms with van der Waals surface area (Å²) in [4.78, 5) is 39.8. The van der Waals surface area contributed by atoms with Crippen LogP contribution < -0.4 is 21.0 Å². The smallest absolute Gasteiger partial charge is 0.357 e. The van der Waals surface area contributed by atoms with Crippen LogP contribution in [0.15, 0.2) is 92.4 Å². The summed E-state index contributed by atoms with van der Waals surface area (Å²) < 4.78 is 102. The van der Waals surface area contributed by atoms with Gasteiger partial charge in [0.1, 0.15) is 9.79 Å². The first-order chi connectivity index (χ1) is 26.6. The first-order valence-corrected chi connectivity index (χ1v) is 20.7. The Kier molecular flexibility index (Phi) is 9.26. The molecule has 25 heteroatoms. The number of hydrogen-bond donors (Lipinski definition) is 4. The van der Waals surface area contributed by atoms with E-state index in [4.69, 9.17) is 20.4 Å². The summed E-state index contributed by atoms with van der Waals surface area (Å²) in [6.07, 6.45) is 0. The number of nitrogens with two attached hydrogens (primary N) is 2. The van der Waals surface area contributed by atoms with Crippen molar-refractivity contribution in [2.45, 2.75) is 19.6 Å². The van der Waals surface area contributed by atoms with Crippen LogP contribution in [-0.2, 0) is 56.7 Å². The summed E-state index contributed by atoms with van der Waals surface area (Å²) in [5, 5.41) is 5.62. The molecule has 0 saturated heterocycles. The molecule has 0 spiro atoms. The van der Waals surface area contributed by atoms with E-state index in [1.165, 1.54) is 42.5 Å². The van der Waals surface area contributed by atoms with Crippen molar-refractivity contribution in [1.82, 2.24) is 39.9 Å². The molecule has 7 aromatic rings. The maximum absolute atomic E-state index is 12.9. The third-order valence-corrected chi connectivity index (χ3v) is 12.1. The SMILES string of the molecule is NOOSc1cccc2c1-c1nc-2nc2[n-]c(nc3nc(nc4[n-]c(n1)c1cccc(S(=O)(=O)O)c41)-c1cccc(S(=O)(=O)O)c1-3)c1cccc(S(N)(=O)=O)c21.[Cu+2]. The van der Waals surface area contributed by atoms with E-state index in [0.717, 1.165) is 12.1 Å². The maximum Gasteiger partial charge on any atom is 2.00 e. The number of sulfonamides is 1. The van der Waals surface area contributed by atoms with Crippen LogP contribution in [0.4, 0.5) is 0 Å². The first-order valence-electron chi connectivity index (χ1n) is 15.5. The first kappa shape index (κ1) is 38.6. The topological polar surface area (TPSA) is 319 Å². The van der Waals surface area contributed by atoms with Gasteiger partial charge in [-0.15, -0.1) is 9.32 Å². The second-order valence-electron chi connectivity index (χ2n) is 11.9. The Morgan fingerprint density at radius 1 is 0.561 bits per heavy atom. The minimum atomic E-state index is -4.94. The molecule has 0 unspecified atom stereocenters. The molecule has 9 rings (SSSR count). The third kappa shape index (κ3) is 6.44. The molecule has 6 N–H and O–H groups in total. The second-order valence-corrected chi connectivity index (χ2v) is 17.0. The van der Waals surface area contributed by atoms with Crippen molar-refractivity contribution >= 4 is 86.4 Å². The van der Waals surface area contributed by atoms with Gasteiger partial charge in [-0.3, -0.25) is 9.11 Å². The van der Waals surface area contributed by atoms with Crippen LogP contribution in [0.3, 0.4) is 0 Å². The van der Waals surface area contributed by atoms with Crippen molar-refractivity contribution in [3.63, 3.8) is 0 Å². The fourth-order valence-electron chi connectivity index (χ4n) is 6.52. The zero-order valence-corrected chi connectivity index (χ0v) is 32.0. The van der Waals surface area contributed by atoms with E-state index < -0.39 is 40.1 Å². The Balaban J connectivity index is 0.00000455. The molecule has 0 atom stereocenters. The Hall–Kier alpha value is -5.28. The normalized spacial score (nSPS) is 12.7. The van der Waals surface area contributed by atoms with E-state index in [1.807, 2.05) is 0 Å². The average Bonchev–Trinajstić information content (AvgIpc) is 3.88. The van der Waals surface area contributed by atoms with Crippen LogP contribution in [0.5, 0.6) is 0 Å². The molecular formula is C32H18CuN10O10S4. The van der Waals surface area contributed by atoms with Crippen molar-refractivity contribution in [2.24, 2.45) is 11.0 Å². The van der Waals surface area contributed by atoms with Gasteiger partial charge in [-0.1, -0.05) is 48.5 Å². The van der Waals surface area contributed by atoms with Crippen molar-refractivity contribution in [3.05, 3.63) is 72.8 Å². The summed E-state index contributed by atoms with van der Waals surface area (Å²) >= 11 is 0.700. The van der Waals surface area contributed by atoms with Gasteiger partial charge < -0.3 is 29.9 Å². The molecule has 20 nitrogen and oxygen atoms in total. The van der Waals surface area contributed by atoms with Gasteiger partial charge in [-0.05, 0) is 35.0 Å². The summed E-state index contributed by atoms with van der Waals surface area (Å²) in [6, 6.07) is 16.8. The molecule has 4 aromatic carbocycles. The van der Waals surface area contributed by atoms with Gasteiger partial charge in [-0.25, -0.2) is 23.5 Å². The molecule has 291 valence electrons. The molecule has 57 heavy (non-hydrogen) atoms. The average molecular weight is 894 g/mol. The van der Waals surface area contributed by atoms with E-state index in [1.54, 1.807) is 18.2 Å². The predicted octanol–water partition coefficient (Wildman–Crippen LogP) is 3.09. The molecule has 3 aromatic heterocycles. The Morgan fingerprint density at radius 3 is 1.56 bits per heavy atom. The number of rotatable bonds is 6. The van der Waals surface area contributed by atoms with Gasteiger partial charge in [-0.2, -0.15) is 22.7 Å². The number of fused-ring (bicyclic) bond motifs is 20. The summed E-state index contributed by atoms with van der Waals surface area (Å²) in [5.41, 5.74) is -0.387. The number of hydrogen-bond acceptors (Lipinski definition) is 16. The summed E-state index contributed by atoms with van der Waals surface area (Å²) in [7, 11) is -14.3. The van der Waals surface area contributed by atoms with Crippen molar-refractivity contribution < 1.29 is 60.7 Å². The molecule has 0 amide bonds. The minimum Gasteiger partial charge on any atom is -0.357 e. The third-order valence-electron chi connectivity index (χ3n) is 8.68. The van der Waals surface area contributed by atoms with Crippen LogP contribution in [0.1, 0.15) is 0 Å². The van der Waals surface area contributed by atoms with Crippen LogP contribution in [-0.4, -0.2) is 64.3 Å². The number of aromatic nitrogens is 8. The number of nitrogens with zero attached hydrogens (tertiary/aromatic N) is 8. The van der Waals surface area contributed by atoms with Crippen LogP contribution in [0, 0.1) is 0 Å². The fourth-order valence-corrected chi connectivity index (χ4v) is 9.22. The van der Waals surface area contributed by atoms with E-state index in [9.17, 15) is 34.4 Å². The quantitative estimate of drug-likeness (QED) is 0.0612. The van der Waals surface area contributed by atoms with Gasteiger partial charge in [0.15, 0.2) is 0 Å². The van der Waals surface area contributed by atoms with Crippen molar-refractivity contribution in [3.8, 4) is 45.6 Å². The Labute approximate surface area is 334 Å².